The zero-order valence-corrected chi connectivity index (χ0v) is 20.8. The summed E-state index contributed by atoms with van der Waals surface area (Å²) < 4.78 is 6.09. The average Bonchev–Trinajstić information content (AvgIpc) is 3.11. The van der Waals surface area contributed by atoms with Crippen molar-refractivity contribution in [2.45, 2.75) is 51.2 Å². The van der Waals surface area contributed by atoms with Crippen LogP contribution in [0.2, 0.25) is 0 Å². The van der Waals surface area contributed by atoms with Crippen LogP contribution < -0.4 is 15.4 Å². The second-order valence-electron chi connectivity index (χ2n) is 10.2. The van der Waals surface area contributed by atoms with Gasteiger partial charge in [0.05, 0.1) is 17.5 Å². The highest BCUT2D eigenvalue weighted by Crippen LogP contribution is 2.36. The molecular weight excluding hydrogens is 456 g/mol. The summed E-state index contributed by atoms with van der Waals surface area (Å²) in [6.45, 7) is 6.67. The van der Waals surface area contributed by atoms with Gasteiger partial charge in [-0.25, -0.2) is 4.79 Å². The van der Waals surface area contributed by atoms with Crippen LogP contribution in [0.1, 0.15) is 43.5 Å². The maximum Gasteiger partial charge on any atom is 0.322 e. The molecule has 0 radical (unpaired) electrons. The number of pyridine rings is 1. The first-order chi connectivity index (χ1) is 17.2. The number of ether oxygens (including phenoxy) is 1. The topological polar surface area (TPSA) is 101 Å². The molecule has 1 aromatic heterocycles. The van der Waals surface area contributed by atoms with E-state index in [0.29, 0.717) is 19.6 Å². The van der Waals surface area contributed by atoms with Crippen LogP contribution in [0.4, 0.5) is 4.79 Å². The quantitative estimate of drug-likeness (QED) is 0.519. The van der Waals surface area contributed by atoms with E-state index < -0.39 is 22.9 Å². The lowest BCUT2D eigenvalue weighted by atomic mass is 9.74. The molecule has 2 N–H and O–H groups in total. The van der Waals surface area contributed by atoms with Gasteiger partial charge in [0.1, 0.15) is 17.9 Å². The van der Waals surface area contributed by atoms with Gasteiger partial charge in [0.15, 0.2) is 0 Å². The average molecular weight is 487 g/mol. The first-order valence-electron chi connectivity index (χ1n) is 12.2. The highest BCUT2D eigenvalue weighted by Gasteiger charge is 2.48. The van der Waals surface area contributed by atoms with Crippen LogP contribution >= 0.6 is 0 Å². The minimum absolute atomic E-state index is 0.0451. The van der Waals surface area contributed by atoms with Crippen molar-refractivity contribution in [1.82, 2.24) is 20.5 Å². The number of hydrogen-bond acceptors (Lipinski definition) is 5. The van der Waals surface area contributed by atoms with Crippen molar-refractivity contribution in [3.05, 3.63) is 71.4 Å². The molecule has 0 spiro atoms. The summed E-state index contributed by atoms with van der Waals surface area (Å²) in [5.41, 5.74) is 2.02. The number of hydrogen-bond donors (Lipinski definition) is 2. The molecule has 3 aromatic rings. The summed E-state index contributed by atoms with van der Waals surface area (Å²) in [7, 11) is 0. The van der Waals surface area contributed by atoms with Gasteiger partial charge in [0.25, 0.3) is 5.91 Å². The molecule has 2 aliphatic rings. The molecule has 0 saturated carbocycles. The molecule has 8 nitrogen and oxygen atoms in total. The normalized spacial score (nSPS) is 24.1. The summed E-state index contributed by atoms with van der Waals surface area (Å²) in [4.78, 5) is 43.7. The number of para-hydroxylation sites is 1. The maximum absolute atomic E-state index is 13.6. The van der Waals surface area contributed by atoms with Crippen LogP contribution in [-0.2, 0) is 21.6 Å². The fraction of sp³-hybridized carbons (Fsp3) is 0.357. The Morgan fingerprint density at radius 3 is 2.53 bits per heavy atom. The van der Waals surface area contributed by atoms with Crippen molar-refractivity contribution < 1.29 is 19.1 Å². The zero-order valence-electron chi connectivity index (χ0n) is 20.8. The number of piperidine rings is 1. The van der Waals surface area contributed by atoms with Crippen molar-refractivity contribution in [2.75, 3.05) is 13.1 Å². The number of nitrogens with one attached hydrogen (secondary N) is 2. The first-order valence-corrected chi connectivity index (χ1v) is 12.2. The van der Waals surface area contributed by atoms with Crippen LogP contribution in [0.3, 0.4) is 0 Å². The van der Waals surface area contributed by atoms with E-state index >= 15 is 0 Å². The number of rotatable bonds is 6. The standard InChI is InChI=1S/C28H30N4O4/c1-18-15-19(22-7-4-5-8-23(22)29-18)16-36-21-11-9-20(10-12-21)27(2)13-6-14-32(25(27)34)17-28(3)24(33)30-26(35)31-28/h4-5,7-12,15H,6,13-14,16-17H2,1-3H3,(H2,30,31,33,35). The van der Waals surface area contributed by atoms with E-state index in [1.54, 1.807) is 11.8 Å². The monoisotopic (exact) mass is 486 g/mol. The third-order valence-corrected chi connectivity index (χ3v) is 7.30. The molecule has 4 amide bonds. The van der Waals surface area contributed by atoms with Gasteiger partial charge in [-0.15, -0.1) is 0 Å². The van der Waals surface area contributed by atoms with Crippen molar-refractivity contribution >= 4 is 28.7 Å². The molecule has 36 heavy (non-hydrogen) atoms. The molecule has 0 aliphatic carbocycles. The maximum atomic E-state index is 13.6. The highest BCUT2D eigenvalue weighted by atomic mass is 16.5. The second kappa shape index (κ2) is 8.93. The Kier molecular flexibility index (Phi) is 5.90. The van der Waals surface area contributed by atoms with Gasteiger partial charge in [-0.05, 0) is 63.4 Å². The largest absolute Gasteiger partial charge is 0.489 e. The molecule has 3 heterocycles. The Balaban J connectivity index is 1.30. The van der Waals surface area contributed by atoms with Crippen LogP contribution in [0, 0.1) is 6.92 Å². The fourth-order valence-corrected chi connectivity index (χ4v) is 5.27. The summed E-state index contributed by atoms with van der Waals surface area (Å²) >= 11 is 0. The van der Waals surface area contributed by atoms with E-state index in [0.717, 1.165) is 39.9 Å². The lowest BCUT2D eigenvalue weighted by Crippen LogP contribution is -2.59. The fourth-order valence-electron chi connectivity index (χ4n) is 5.27. The molecule has 2 atom stereocenters. The van der Waals surface area contributed by atoms with Crippen molar-refractivity contribution in [2.24, 2.45) is 0 Å². The van der Waals surface area contributed by atoms with Crippen molar-refractivity contribution in [3.63, 3.8) is 0 Å². The van der Waals surface area contributed by atoms with Gasteiger partial charge in [-0.3, -0.25) is 19.9 Å². The smallest absolute Gasteiger partial charge is 0.322 e. The number of aryl methyl sites for hydroxylation is 1. The van der Waals surface area contributed by atoms with E-state index in [1.807, 2.05) is 68.4 Å². The summed E-state index contributed by atoms with van der Waals surface area (Å²) in [6, 6.07) is 17.2. The van der Waals surface area contributed by atoms with E-state index in [9.17, 15) is 14.4 Å². The molecule has 0 bridgehead atoms. The molecule has 2 aromatic carbocycles. The lowest BCUT2D eigenvalue weighted by molar-refractivity contribution is -0.141. The van der Waals surface area contributed by atoms with E-state index in [4.69, 9.17) is 4.74 Å². The molecule has 186 valence electrons. The van der Waals surface area contributed by atoms with Crippen LogP contribution in [0.15, 0.2) is 54.6 Å². The van der Waals surface area contributed by atoms with E-state index in [2.05, 4.69) is 15.6 Å². The molecule has 2 fully saturated rings. The number of urea groups is 1. The lowest BCUT2D eigenvalue weighted by Gasteiger charge is -2.42. The number of benzene rings is 2. The number of fused-ring (bicyclic) bond motifs is 1. The van der Waals surface area contributed by atoms with E-state index in [-0.39, 0.29) is 12.5 Å². The number of amides is 4. The Morgan fingerprint density at radius 2 is 1.81 bits per heavy atom. The van der Waals surface area contributed by atoms with Gasteiger partial charge < -0.3 is 15.0 Å². The van der Waals surface area contributed by atoms with Crippen LogP contribution in [-0.4, -0.2) is 46.4 Å². The minimum Gasteiger partial charge on any atom is -0.489 e. The Morgan fingerprint density at radius 1 is 1.06 bits per heavy atom. The Bertz CT molecular complexity index is 1360. The zero-order chi connectivity index (χ0) is 25.5. The number of carbonyl (C=O) groups is 3. The van der Waals surface area contributed by atoms with Gasteiger partial charge >= 0.3 is 6.03 Å². The van der Waals surface area contributed by atoms with Crippen molar-refractivity contribution in [1.29, 1.82) is 0 Å². The van der Waals surface area contributed by atoms with E-state index in [1.165, 1.54) is 0 Å². The SMILES string of the molecule is Cc1cc(COc2ccc(C3(C)CCCN(CC4(C)NC(=O)NC4=O)C3=O)cc2)c2ccccc2n1. The third-order valence-electron chi connectivity index (χ3n) is 7.30. The molecule has 2 aliphatic heterocycles. The van der Waals surface area contributed by atoms with Gasteiger partial charge in [-0.2, -0.15) is 0 Å². The molecule has 2 saturated heterocycles. The highest BCUT2D eigenvalue weighted by molar-refractivity contribution is 6.07. The Hall–Kier alpha value is -3.94. The Labute approximate surface area is 210 Å². The van der Waals surface area contributed by atoms with Gasteiger partial charge in [-0.1, -0.05) is 30.3 Å². The van der Waals surface area contributed by atoms with Crippen molar-refractivity contribution in [3.8, 4) is 5.75 Å². The summed E-state index contributed by atoms with van der Waals surface area (Å²) in [5.74, 6) is 0.265. The molecule has 8 heteroatoms. The number of aromatic nitrogens is 1. The molecular formula is C28H30N4O4. The number of nitrogens with zero attached hydrogens (tertiary/aromatic N) is 2. The van der Waals surface area contributed by atoms with Crippen LogP contribution in [0.25, 0.3) is 10.9 Å². The minimum atomic E-state index is -1.13. The van der Waals surface area contributed by atoms with Crippen LogP contribution in [0.5, 0.6) is 5.75 Å². The third kappa shape index (κ3) is 4.27. The predicted molar refractivity (Wildman–Crippen MR) is 135 cm³/mol. The first kappa shape index (κ1) is 23.8. The predicted octanol–water partition coefficient (Wildman–Crippen LogP) is 3.60. The summed E-state index contributed by atoms with van der Waals surface area (Å²) in [6.07, 6.45) is 1.51. The van der Waals surface area contributed by atoms with Gasteiger partial charge in [0.2, 0.25) is 5.91 Å². The van der Waals surface area contributed by atoms with Gasteiger partial charge in [0, 0.05) is 23.2 Å². The number of imide groups is 1. The number of likely N-dealkylation sites (tertiary alicyclic amines) is 1. The molecule has 2 unspecified atom stereocenters. The summed E-state index contributed by atoms with van der Waals surface area (Å²) in [5, 5.41) is 5.98. The second-order valence-corrected chi connectivity index (χ2v) is 10.2. The molecule has 5 rings (SSSR count). The number of carbonyl (C=O) groups excluding carboxylic acids is 3.